The summed E-state index contributed by atoms with van der Waals surface area (Å²) in [5, 5.41) is 9.27. The summed E-state index contributed by atoms with van der Waals surface area (Å²) in [5.74, 6) is 2.38. The van der Waals surface area contributed by atoms with Gasteiger partial charge in [-0.1, -0.05) is 26.0 Å². The molecule has 3 heterocycles. The predicted octanol–water partition coefficient (Wildman–Crippen LogP) is 2.68. The van der Waals surface area contributed by atoms with Gasteiger partial charge in [0, 0.05) is 45.1 Å². The fourth-order valence-electron chi connectivity index (χ4n) is 3.77. The highest BCUT2D eigenvalue weighted by Crippen LogP contribution is 2.21. The number of imidazole rings is 1. The van der Waals surface area contributed by atoms with Crippen LogP contribution in [0.15, 0.2) is 36.7 Å². The van der Waals surface area contributed by atoms with Crippen LogP contribution in [-0.2, 0) is 13.1 Å². The Morgan fingerprint density at radius 2 is 1.82 bits per heavy atom. The number of hydrogen-bond donors (Lipinski definition) is 0. The minimum Gasteiger partial charge on any atom is -0.352 e. The number of hydrogen-bond acceptors (Lipinski definition) is 6. The molecule has 7 nitrogen and oxygen atoms in total. The lowest BCUT2D eigenvalue weighted by molar-refractivity contribution is 0.239. The molecule has 3 aromatic rings. The molecule has 28 heavy (non-hydrogen) atoms. The fourth-order valence-corrected chi connectivity index (χ4v) is 3.77. The molecule has 144 valence electrons. The normalized spacial score (nSPS) is 15.3. The summed E-state index contributed by atoms with van der Waals surface area (Å²) in [4.78, 5) is 18.0. The van der Waals surface area contributed by atoms with Gasteiger partial charge in [-0.05, 0) is 18.1 Å². The number of benzene rings is 1. The van der Waals surface area contributed by atoms with Crippen LogP contribution < -0.4 is 4.90 Å². The Hall–Kier alpha value is -2.98. The molecule has 0 atom stereocenters. The van der Waals surface area contributed by atoms with Crippen LogP contribution in [0.3, 0.4) is 0 Å². The number of fused-ring (bicyclic) bond motifs is 1. The third-order valence-electron chi connectivity index (χ3n) is 5.10. The fraction of sp³-hybridized carbons (Fsp3) is 0.429. The van der Waals surface area contributed by atoms with Crippen LogP contribution in [0, 0.1) is 17.2 Å². The Kier molecular flexibility index (Phi) is 5.22. The van der Waals surface area contributed by atoms with Crippen molar-refractivity contribution in [2.75, 3.05) is 31.1 Å². The first-order valence-electron chi connectivity index (χ1n) is 9.78. The van der Waals surface area contributed by atoms with Crippen LogP contribution in [0.25, 0.3) is 11.0 Å². The van der Waals surface area contributed by atoms with E-state index < -0.39 is 0 Å². The summed E-state index contributed by atoms with van der Waals surface area (Å²) in [6.07, 6.45) is 3.22. The third kappa shape index (κ3) is 3.69. The Labute approximate surface area is 165 Å². The van der Waals surface area contributed by atoms with Crippen LogP contribution in [0.1, 0.15) is 25.4 Å². The van der Waals surface area contributed by atoms with Crippen molar-refractivity contribution in [3.63, 3.8) is 0 Å². The summed E-state index contributed by atoms with van der Waals surface area (Å²) in [6, 6.07) is 10.5. The SMILES string of the molecule is CC(C)Cn1c(CN2CCN(c3nccnc3C#N)CC2)nc2ccccc21. The van der Waals surface area contributed by atoms with E-state index in [9.17, 15) is 5.26 Å². The summed E-state index contributed by atoms with van der Waals surface area (Å²) in [5.41, 5.74) is 2.67. The van der Waals surface area contributed by atoms with Crippen molar-refractivity contribution in [3.05, 3.63) is 48.2 Å². The van der Waals surface area contributed by atoms with E-state index in [1.165, 1.54) is 5.52 Å². The lowest BCUT2D eigenvalue weighted by atomic mass is 10.2. The van der Waals surface area contributed by atoms with Crippen molar-refractivity contribution in [2.45, 2.75) is 26.9 Å². The lowest BCUT2D eigenvalue weighted by Crippen LogP contribution is -2.46. The smallest absolute Gasteiger partial charge is 0.183 e. The first-order chi connectivity index (χ1) is 13.7. The highest BCUT2D eigenvalue weighted by atomic mass is 15.3. The van der Waals surface area contributed by atoms with Crippen molar-refractivity contribution in [1.29, 1.82) is 5.26 Å². The van der Waals surface area contributed by atoms with Crippen molar-refractivity contribution in [3.8, 4) is 6.07 Å². The molecule has 0 N–H and O–H groups in total. The Morgan fingerprint density at radius 1 is 1.07 bits per heavy atom. The van der Waals surface area contributed by atoms with Crippen LogP contribution >= 0.6 is 0 Å². The summed E-state index contributed by atoms with van der Waals surface area (Å²) < 4.78 is 2.36. The molecule has 0 unspecified atom stereocenters. The summed E-state index contributed by atoms with van der Waals surface area (Å²) in [6.45, 7) is 9.77. The van der Waals surface area contributed by atoms with Gasteiger partial charge in [0.15, 0.2) is 11.5 Å². The highest BCUT2D eigenvalue weighted by molar-refractivity contribution is 5.75. The number of nitrogens with zero attached hydrogens (tertiary/aromatic N) is 7. The molecule has 0 radical (unpaired) electrons. The van der Waals surface area contributed by atoms with Gasteiger partial charge in [0.05, 0.1) is 17.6 Å². The zero-order valence-corrected chi connectivity index (χ0v) is 16.4. The van der Waals surface area contributed by atoms with Crippen LogP contribution in [0.5, 0.6) is 0 Å². The van der Waals surface area contributed by atoms with Crippen molar-refractivity contribution in [1.82, 2.24) is 24.4 Å². The molecule has 2 aromatic heterocycles. The summed E-state index contributed by atoms with van der Waals surface area (Å²) in [7, 11) is 0. The molecule has 1 aromatic carbocycles. The molecule has 1 fully saturated rings. The van der Waals surface area contributed by atoms with Gasteiger partial charge in [-0.15, -0.1) is 0 Å². The number of rotatable bonds is 5. The van der Waals surface area contributed by atoms with Crippen molar-refractivity contribution in [2.24, 2.45) is 5.92 Å². The molecule has 1 saturated heterocycles. The molecule has 0 bridgehead atoms. The zero-order chi connectivity index (χ0) is 19.5. The second kappa shape index (κ2) is 7.95. The van der Waals surface area contributed by atoms with Crippen LogP contribution in [-0.4, -0.2) is 50.6 Å². The topological polar surface area (TPSA) is 73.9 Å². The average molecular weight is 375 g/mol. The molecule has 1 aliphatic rings. The van der Waals surface area contributed by atoms with Gasteiger partial charge < -0.3 is 9.47 Å². The number of anilines is 1. The Morgan fingerprint density at radius 3 is 2.57 bits per heavy atom. The average Bonchev–Trinajstić information content (AvgIpc) is 3.05. The monoisotopic (exact) mass is 375 g/mol. The van der Waals surface area contributed by atoms with Gasteiger partial charge in [-0.3, -0.25) is 4.90 Å². The number of aromatic nitrogens is 4. The molecule has 1 aliphatic heterocycles. The third-order valence-corrected chi connectivity index (χ3v) is 5.10. The molecular weight excluding hydrogens is 350 g/mol. The van der Waals surface area contributed by atoms with Gasteiger partial charge in [-0.25, -0.2) is 15.0 Å². The maximum absolute atomic E-state index is 9.27. The predicted molar refractivity (Wildman–Crippen MR) is 109 cm³/mol. The first-order valence-corrected chi connectivity index (χ1v) is 9.78. The van der Waals surface area contributed by atoms with Crippen LogP contribution in [0.4, 0.5) is 5.82 Å². The first kappa shape index (κ1) is 18.4. The minimum absolute atomic E-state index is 0.398. The van der Waals surface area contributed by atoms with E-state index >= 15 is 0 Å². The number of nitriles is 1. The van der Waals surface area contributed by atoms with E-state index in [0.717, 1.165) is 50.6 Å². The van der Waals surface area contributed by atoms with E-state index in [-0.39, 0.29) is 0 Å². The van der Waals surface area contributed by atoms with E-state index in [1.807, 2.05) is 6.07 Å². The van der Waals surface area contributed by atoms with Gasteiger partial charge in [0.25, 0.3) is 0 Å². The van der Waals surface area contributed by atoms with E-state index in [1.54, 1.807) is 12.4 Å². The van der Waals surface area contributed by atoms with Crippen molar-refractivity contribution >= 4 is 16.9 Å². The maximum atomic E-state index is 9.27. The zero-order valence-electron chi connectivity index (χ0n) is 16.4. The minimum atomic E-state index is 0.398. The molecule has 0 aliphatic carbocycles. The van der Waals surface area contributed by atoms with Crippen molar-refractivity contribution < 1.29 is 0 Å². The quantitative estimate of drug-likeness (QED) is 0.683. The van der Waals surface area contributed by atoms with E-state index in [0.29, 0.717) is 17.4 Å². The van der Waals surface area contributed by atoms with Gasteiger partial charge >= 0.3 is 0 Å². The molecular formula is C21H25N7. The molecule has 4 rings (SSSR count). The standard InChI is InChI=1S/C21H25N7/c1-16(2)14-28-19-6-4-3-5-17(19)25-20(28)15-26-9-11-27(12-10-26)21-18(13-22)23-7-8-24-21/h3-8,16H,9-12,14-15H2,1-2H3. The largest absolute Gasteiger partial charge is 0.352 e. The number of piperazine rings is 1. The molecule has 0 saturated carbocycles. The lowest BCUT2D eigenvalue weighted by Gasteiger charge is -2.35. The van der Waals surface area contributed by atoms with E-state index in [4.69, 9.17) is 4.98 Å². The van der Waals surface area contributed by atoms with E-state index in [2.05, 4.69) is 62.5 Å². The second-order valence-electron chi connectivity index (χ2n) is 7.62. The van der Waals surface area contributed by atoms with Gasteiger partial charge in [-0.2, -0.15) is 5.26 Å². The maximum Gasteiger partial charge on any atom is 0.183 e. The number of para-hydroxylation sites is 2. The van der Waals surface area contributed by atoms with Gasteiger partial charge in [0.2, 0.25) is 0 Å². The van der Waals surface area contributed by atoms with Crippen LogP contribution in [0.2, 0.25) is 0 Å². The Bertz CT molecular complexity index is 993. The van der Waals surface area contributed by atoms with Gasteiger partial charge in [0.1, 0.15) is 11.9 Å². The highest BCUT2D eigenvalue weighted by Gasteiger charge is 2.22. The molecule has 7 heteroatoms. The summed E-state index contributed by atoms with van der Waals surface area (Å²) >= 11 is 0. The second-order valence-corrected chi connectivity index (χ2v) is 7.62. The molecule has 0 amide bonds. The Balaban J connectivity index is 1.49. The molecule has 0 spiro atoms.